The Morgan fingerprint density at radius 1 is 0.816 bits per heavy atom. The number of carbonyl (C=O) groups is 2. The van der Waals surface area contributed by atoms with Gasteiger partial charge in [0.25, 0.3) is 0 Å². The number of hydrogen-bond acceptors (Lipinski definition) is 4. The van der Waals surface area contributed by atoms with E-state index in [9.17, 15) is 9.59 Å². The molecule has 2 amide bonds. The Hall–Kier alpha value is -4.45. The minimum atomic E-state index is -0.688. The predicted octanol–water partition coefficient (Wildman–Crippen LogP) is 4.98. The summed E-state index contributed by atoms with van der Waals surface area (Å²) in [6.07, 6.45) is 3.01. The molecule has 1 N–H and O–H groups in total. The molecule has 0 spiro atoms. The average molecular weight is 508 g/mol. The number of ether oxygens (including phenoxy) is 1. The molecule has 0 saturated carbocycles. The molecule has 0 saturated heterocycles. The van der Waals surface area contributed by atoms with E-state index in [4.69, 9.17) is 4.74 Å². The molecule has 1 heterocycles. The highest BCUT2D eigenvalue weighted by Gasteiger charge is 2.30. The molecule has 3 aromatic carbocycles. The normalized spacial score (nSPS) is 11.4. The molecule has 0 aliphatic heterocycles. The standard InChI is InChI=1S/C32H33N3O3/c1-38-29-18-15-27(16-19-29)24-35(31(36)20-17-25-10-4-2-5-11-25)30(22-26-12-6-3-7-13-26)32(37)34-23-28-14-8-9-21-33-28/h2-16,18-19,21,30H,17,20,22-24H2,1H3,(H,34,37)/t30-/m0/s1. The Morgan fingerprint density at radius 2 is 1.47 bits per heavy atom. The lowest BCUT2D eigenvalue weighted by molar-refractivity contribution is -0.141. The van der Waals surface area contributed by atoms with E-state index >= 15 is 0 Å². The topological polar surface area (TPSA) is 71.5 Å². The maximum Gasteiger partial charge on any atom is 0.243 e. The molecule has 4 rings (SSSR count). The fourth-order valence-corrected chi connectivity index (χ4v) is 4.32. The quantitative estimate of drug-likeness (QED) is 0.294. The van der Waals surface area contributed by atoms with Gasteiger partial charge in [0.2, 0.25) is 11.8 Å². The lowest BCUT2D eigenvalue weighted by Crippen LogP contribution is -2.50. The molecule has 0 bridgehead atoms. The minimum absolute atomic E-state index is 0.0708. The van der Waals surface area contributed by atoms with Gasteiger partial charge in [0.15, 0.2) is 0 Å². The fraction of sp³-hybridized carbons (Fsp3) is 0.219. The molecule has 38 heavy (non-hydrogen) atoms. The van der Waals surface area contributed by atoms with Crippen LogP contribution in [0.15, 0.2) is 109 Å². The largest absolute Gasteiger partial charge is 0.497 e. The van der Waals surface area contributed by atoms with Crippen molar-refractivity contribution in [3.05, 3.63) is 132 Å². The van der Waals surface area contributed by atoms with Crippen molar-refractivity contribution < 1.29 is 14.3 Å². The van der Waals surface area contributed by atoms with Gasteiger partial charge in [-0.25, -0.2) is 0 Å². The summed E-state index contributed by atoms with van der Waals surface area (Å²) < 4.78 is 5.30. The van der Waals surface area contributed by atoms with Gasteiger partial charge in [0.1, 0.15) is 11.8 Å². The summed E-state index contributed by atoms with van der Waals surface area (Å²) in [6, 6.07) is 32.3. The van der Waals surface area contributed by atoms with Crippen molar-refractivity contribution in [3.63, 3.8) is 0 Å². The Morgan fingerprint density at radius 3 is 2.11 bits per heavy atom. The van der Waals surface area contributed by atoms with Gasteiger partial charge in [-0.1, -0.05) is 78.9 Å². The molecule has 0 radical (unpaired) electrons. The van der Waals surface area contributed by atoms with E-state index in [1.807, 2.05) is 103 Å². The van der Waals surface area contributed by atoms with E-state index in [1.54, 1.807) is 18.2 Å². The fourth-order valence-electron chi connectivity index (χ4n) is 4.32. The number of pyridine rings is 1. The van der Waals surface area contributed by atoms with Gasteiger partial charge in [0.05, 0.1) is 19.3 Å². The summed E-state index contributed by atoms with van der Waals surface area (Å²) in [5.41, 5.74) is 3.76. The minimum Gasteiger partial charge on any atom is -0.497 e. The van der Waals surface area contributed by atoms with Crippen molar-refractivity contribution in [3.8, 4) is 5.75 Å². The average Bonchev–Trinajstić information content (AvgIpc) is 2.98. The van der Waals surface area contributed by atoms with Gasteiger partial charge in [-0.05, 0) is 47.4 Å². The molecule has 6 nitrogen and oxygen atoms in total. The van der Waals surface area contributed by atoms with Crippen molar-refractivity contribution >= 4 is 11.8 Å². The number of carbonyl (C=O) groups excluding carboxylic acids is 2. The highest BCUT2D eigenvalue weighted by molar-refractivity contribution is 5.88. The number of methoxy groups -OCH3 is 1. The number of rotatable bonds is 12. The molecule has 4 aromatic rings. The van der Waals surface area contributed by atoms with Crippen molar-refractivity contribution in [1.82, 2.24) is 15.2 Å². The third-order valence-corrected chi connectivity index (χ3v) is 6.42. The van der Waals surface area contributed by atoms with E-state index in [2.05, 4.69) is 10.3 Å². The first-order valence-corrected chi connectivity index (χ1v) is 12.8. The Kier molecular flexibility index (Phi) is 9.63. The maximum absolute atomic E-state index is 13.8. The number of benzene rings is 3. The van der Waals surface area contributed by atoms with Crippen LogP contribution in [0.5, 0.6) is 5.75 Å². The van der Waals surface area contributed by atoms with Gasteiger partial charge in [-0.2, -0.15) is 0 Å². The zero-order valence-electron chi connectivity index (χ0n) is 21.6. The number of aromatic nitrogens is 1. The first-order valence-electron chi connectivity index (χ1n) is 12.8. The zero-order chi connectivity index (χ0) is 26.6. The van der Waals surface area contributed by atoms with Crippen LogP contribution in [0.2, 0.25) is 0 Å². The number of amides is 2. The lowest BCUT2D eigenvalue weighted by atomic mass is 10.0. The van der Waals surface area contributed by atoms with Gasteiger partial charge < -0.3 is 15.0 Å². The van der Waals surface area contributed by atoms with E-state index in [-0.39, 0.29) is 11.8 Å². The lowest BCUT2D eigenvalue weighted by Gasteiger charge is -2.31. The highest BCUT2D eigenvalue weighted by atomic mass is 16.5. The van der Waals surface area contributed by atoms with Crippen LogP contribution in [0.4, 0.5) is 0 Å². The van der Waals surface area contributed by atoms with Crippen LogP contribution in [-0.2, 0) is 35.5 Å². The maximum atomic E-state index is 13.8. The van der Waals surface area contributed by atoms with Crippen LogP contribution in [-0.4, -0.2) is 34.8 Å². The monoisotopic (exact) mass is 507 g/mol. The van der Waals surface area contributed by atoms with Gasteiger partial charge in [-0.3, -0.25) is 14.6 Å². The third-order valence-electron chi connectivity index (χ3n) is 6.42. The van der Waals surface area contributed by atoms with Crippen molar-refractivity contribution in [1.29, 1.82) is 0 Å². The Labute approximate surface area is 224 Å². The summed E-state index contributed by atoms with van der Waals surface area (Å²) >= 11 is 0. The van der Waals surface area contributed by atoms with Crippen molar-refractivity contribution in [2.24, 2.45) is 0 Å². The van der Waals surface area contributed by atoms with E-state index in [1.165, 1.54) is 0 Å². The van der Waals surface area contributed by atoms with Gasteiger partial charge >= 0.3 is 0 Å². The second-order valence-corrected chi connectivity index (χ2v) is 9.10. The van der Waals surface area contributed by atoms with Crippen LogP contribution in [0.1, 0.15) is 28.8 Å². The molecule has 0 fully saturated rings. The summed E-state index contributed by atoms with van der Waals surface area (Å²) in [5.74, 6) is 0.462. The van der Waals surface area contributed by atoms with Gasteiger partial charge in [0, 0.05) is 25.6 Å². The number of hydrogen-bond donors (Lipinski definition) is 1. The predicted molar refractivity (Wildman–Crippen MR) is 148 cm³/mol. The SMILES string of the molecule is COc1ccc(CN(C(=O)CCc2ccccc2)[C@@H](Cc2ccccc2)C(=O)NCc2ccccn2)cc1. The van der Waals surface area contributed by atoms with Crippen molar-refractivity contribution in [2.45, 2.75) is 38.4 Å². The smallest absolute Gasteiger partial charge is 0.243 e. The Bertz CT molecular complexity index is 1280. The summed E-state index contributed by atoms with van der Waals surface area (Å²) in [4.78, 5) is 33.5. The molecule has 0 aliphatic rings. The highest BCUT2D eigenvalue weighted by Crippen LogP contribution is 2.19. The molecule has 0 aliphatic carbocycles. The van der Waals surface area contributed by atoms with E-state index in [0.717, 1.165) is 28.1 Å². The number of nitrogens with one attached hydrogen (secondary N) is 1. The first-order chi connectivity index (χ1) is 18.6. The molecular weight excluding hydrogens is 474 g/mol. The van der Waals surface area contributed by atoms with Crippen LogP contribution in [0.25, 0.3) is 0 Å². The number of nitrogens with zero attached hydrogens (tertiary/aromatic N) is 2. The van der Waals surface area contributed by atoms with Crippen LogP contribution >= 0.6 is 0 Å². The first kappa shape index (κ1) is 26.6. The second kappa shape index (κ2) is 13.7. The molecule has 0 unspecified atom stereocenters. The zero-order valence-corrected chi connectivity index (χ0v) is 21.6. The van der Waals surface area contributed by atoms with Crippen molar-refractivity contribution in [2.75, 3.05) is 7.11 Å². The van der Waals surface area contributed by atoms with Crippen LogP contribution in [0.3, 0.4) is 0 Å². The Balaban J connectivity index is 1.60. The second-order valence-electron chi connectivity index (χ2n) is 9.10. The summed E-state index contributed by atoms with van der Waals surface area (Å²) in [7, 11) is 1.62. The third kappa shape index (κ3) is 7.77. The van der Waals surface area contributed by atoms with E-state index in [0.29, 0.717) is 32.4 Å². The van der Waals surface area contributed by atoms with Crippen LogP contribution < -0.4 is 10.1 Å². The molecule has 1 aromatic heterocycles. The molecule has 194 valence electrons. The van der Waals surface area contributed by atoms with Crippen LogP contribution in [0, 0.1) is 0 Å². The summed E-state index contributed by atoms with van der Waals surface area (Å²) in [6.45, 7) is 0.603. The molecular formula is C32H33N3O3. The molecule has 6 heteroatoms. The van der Waals surface area contributed by atoms with E-state index < -0.39 is 6.04 Å². The summed E-state index contributed by atoms with van der Waals surface area (Å²) in [5, 5.41) is 3.02. The van der Waals surface area contributed by atoms with Gasteiger partial charge in [-0.15, -0.1) is 0 Å². The number of aryl methyl sites for hydroxylation is 1. The molecule has 1 atom stereocenters.